The van der Waals surface area contributed by atoms with Crippen LogP contribution in [0.25, 0.3) is 5.57 Å². The molecule has 1 aliphatic rings. The lowest BCUT2D eigenvalue weighted by Gasteiger charge is -2.25. The van der Waals surface area contributed by atoms with Gasteiger partial charge in [0.2, 0.25) is 0 Å². The van der Waals surface area contributed by atoms with E-state index in [9.17, 15) is 0 Å². The van der Waals surface area contributed by atoms with E-state index in [-0.39, 0.29) is 11.8 Å². The molecular weight excluding hydrogens is 246 g/mol. The number of nitrogens with zero attached hydrogens (tertiary/aromatic N) is 1. The Hall–Kier alpha value is -1.30. The summed E-state index contributed by atoms with van der Waals surface area (Å²) in [5.41, 5.74) is 2.48. The largest absolute Gasteiger partial charge is 0.384 e. The fourth-order valence-electron chi connectivity index (χ4n) is 2.40. The summed E-state index contributed by atoms with van der Waals surface area (Å²) in [4.78, 5) is 0. The van der Waals surface area contributed by atoms with Crippen LogP contribution in [0.15, 0.2) is 30.3 Å². The maximum atomic E-state index is 9.13. The molecule has 2 rings (SSSR count). The zero-order valence-corrected chi connectivity index (χ0v) is 11.2. The minimum atomic E-state index is 0.0704. The van der Waals surface area contributed by atoms with E-state index in [4.69, 9.17) is 21.6 Å². The first kappa shape index (κ1) is 13.1. The lowest BCUT2D eigenvalue weighted by Crippen LogP contribution is -2.20. The summed E-state index contributed by atoms with van der Waals surface area (Å²) >= 11 is 5.89. The number of rotatable bonds is 3. The first-order chi connectivity index (χ1) is 8.74. The second-order valence-electron chi connectivity index (χ2n) is 4.59. The molecule has 3 heteroatoms. The highest BCUT2D eigenvalue weighted by Crippen LogP contribution is 2.34. The van der Waals surface area contributed by atoms with Gasteiger partial charge in [-0.15, -0.1) is 0 Å². The summed E-state index contributed by atoms with van der Waals surface area (Å²) in [7, 11) is 1.68. The zero-order valence-electron chi connectivity index (χ0n) is 10.4. The fourth-order valence-corrected chi connectivity index (χ4v) is 2.53. The van der Waals surface area contributed by atoms with Crippen molar-refractivity contribution in [2.24, 2.45) is 11.8 Å². The van der Waals surface area contributed by atoms with E-state index in [1.54, 1.807) is 7.11 Å². The van der Waals surface area contributed by atoms with Crippen LogP contribution in [0.5, 0.6) is 0 Å². The molecule has 0 heterocycles. The highest BCUT2D eigenvalue weighted by atomic mass is 35.5. The summed E-state index contributed by atoms with van der Waals surface area (Å²) in [5, 5.41) is 9.88. The van der Waals surface area contributed by atoms with E-state index in [2.05, 4.69) is 12.1 Å². The molecule has 0 saturated heterocycles. The van der Waals surface area contributed by atoms with Gasteiger partial charge in [0.15, 0.2) is 0 Å². The van der Waals surface area contributed by atoms with Crippen LogP contribution in [-0.2, 0) is 4.74 Å². The van der Waals surface area contributed by atoms with Gasteiger partial charge >= 0.3 is 0 Å². The van der Waals surface area contributed by atoms with Gasteiger partial charge in [-0.05, 0) is 36.1 Å². The minimum absolute atomic E-state index is 0.0704. The topological polar surface area (TPSA) is 33.0 Å². The van der Waals surface area contributed by atoms with Crippen LogP contribution in [0.1, 0.15) is 18.4 Å². The smallest absolute Gasteiger partial charge is 0.0663 e. The molecule has 0 N–H and O–H groups in total. The molecule has 0 fully saturated rings. The van der Waals surface area contributed by atoms with E-state index >= 15 is 0 Å². The highest BCUT2D eigenvalue weighted by molar-refractivity contribution is 6.30. The van der Waals surface area contributed by atoms with Crippen molar-refractivity contribution in [3.8, 4) is 6.07 Å². The van der Waals surface area contributed by atoms with Crippen LogP contribution in [0.3, 0.4) is 0 Å². The molecule has 0 aromatic heterocycles. The third-order valence-electron chi connectivity index (χ3n) is 3.40. The third-order valence-corrected chi connectivity index (χ3v) is 3.65. The molecule has 2 atom stereocenters. The number of hydrogen-bond acceptors (Lipinski definition) is 2. The van der Waals surface area contributed by atoms with Gasteiger partial charge in [-0.25, -0.2) is 0 Å². The maximum Gasteiger partial charge on any atom is 0.0663 e. The van der Waals surface area contributed by atoms with Gasteiger partial charge in [0.25, 0.3) is 0 Å². The average molecular weight is 262 g/mol. The second-order valence-corrected chi connectivity index (χ2v) is 5.03. The molecule has 0 radical (unpaired) electrons. The van der Waals surface area contributed by atoms with Crippen LogP contribution in [-0.4, -0.2) is 13.7 Å². The number of benzene rings is 1. The molecule has 0 amide bonds. The number of methoxy groups -OCH3 is 1. The van der Waals surface area contributed by atoms with E-state index in [1.165, 1.54) is 11.1 Å². The van der Waals surface area contributed by atoms with Crippen LogP contribution in [0.4, 0.5) is 0 Å². The van der Waals surface area contributed by atoms with Gasteiger partial charge in [0.1, 0.15) is 0 Å². The van der Waals surface area contributed by atoms with Gasteiger partial charge in [-0.2, -0.15) is 5.26 Å². The predicted octanol–water partition coefficient (Wildman–Crippen LogP) is 3.92. The number of nitriles is 1. The standard InChI is InChI=1S/C15H16ClNO/c1-18-10-14-8-12(2-3-13(14)9-17)11-4-6-15(16)7-5-11/h4-8,13-14H,2-3,10H2,1H3/t13-,14-/m0/s1. The molecule has 1 aliphatic carbocycles. The maximum absolute atomic E-state index is 9.13. The van der Waals surface area contributed by atoms with Gasteiger partial charge in [0, 0.05) is 18.1 Å². The second kappa shape index (κ2) is 6.04. The molecule has 0 bridgehead atoms. The monoisotopic (exact) mass is 261 g/mol. The summed E-state index contributed by atoms with van der Waals surface area (Å²) < 4.78 is 5.20. The fraction of sp³-hybridized carbons (Fsp3) is 0.400. The van der Waals surface area contributed by atoms with E-state index in [0.717, 1.165) is 17.9 Å². The first-order valence-electron chi connectivity index (χ1n) is 6.09. The normalized spacial score (nSPS) is 23.3. The van der Waals surface area contributed by atoms with Crippen LogP contribution >= 0.6 is 11.6 Å². The lowest BCUT2D eigenvalue weighted by atomic mass is 9.80. The third kappa shape index (κ3) is 2.93. The molecule has 0 saturated carbocycles. The molecule has 1 aromatic carbocycles. The Balaban J connectivity index is 2.23. The molecule has 0 spiro atoms. The Morgan fingerprint density at radius 3 is 2.72 bits per heavy atom. The number of halogens is 1. The SMILES string of the molecule is COC[C@@H]1C=C(c2ccc(Cl)cc2)CC[C@H]1C#N. The van der Waals surface area contributed by atoms with Crippen molar-refractivity contribution in [2.75, 3.05) is 13.7 Å². The average Bonchev–Trinajstić information content (AvgIpc) is 2.40. The summed E-state index contributed by atoms with van der Waals surface area (Å²) in [6.45, 7) is 0.606. The van der Waals surface area contributed by atoms with Crippen molar-refractivity contribution in [2.45, 2.75) is 12.8 Å². The van der Waals surface area contributed by atoms with Crippen molar-refractivity contribution < 1.29 is 4.74 Å². The van der Waals surface area contributed by atoms with Crippen molar-refractivity contribution in [3.05, 3.63) is 40.9 Å². The Bertz CT molecular complexity index is 472. The van der Waals surface area contributed by atoms with Crippen molar-refractivity contribution in [1.29, 1.82) is 5.26 Å². The van der Waals surface area contributed by atoms with E-state index in [1.807, 2.05) is 24.3 Å². The molecule has 0 aliphatic heterocycles. The van der Waals surface area contributed by atoms with Gasteiger partial charge in [-0.3, -0.25) is 0 Å². The molecule has 1 aromatic rings. The number of allylic oxidation sites excluding steroid dienone is 1. The molecular formula is C15H16ClNO. The van der Waals surface area contributed by atoms with Crippen molar-refractivity contribution >= 4 is 17.2 Å². The summed E-state index contributed by atoms with van der Waals surface area (Å²) in [6.07, 6.45) is 4.03. The minimum Gasteiger partial charge on any atom is -0.384 e. The van der Waals surface area contributed by atoms with E-state index in [0.29, 0.717) is 6.61 Å². The first-order valence-corrected chi connectivity index (χ1v) is 6.47. The Labute approximate surface area is 113 Å². The zero-order chi connectivity index (χ0) is 13.0. The number of ether oxygens (including phenoxy) is 1. The molecule has 0 unspecified atom stereocenters. The Morgan fingerprint density at radius 2 is 2.11 bits per heavy atom. The molecule has 18 heavy (non-hydrogen) atoms. The van der Waals surface area contributed by atoms with E-state index < -0.39 is 0 Å². The lowest BCUT2D eigenvalue weighted by molar-refractivity contribution is 0.151. The van der Waals surface area contributed by atoms with Crippen LogP contribution < -0.4 is 0 Å². The predicted molar refractivity (Wildman–Crippen MR) is 73.1 cm³/mol. The van der Waals surface area contributed by atoms with Crippen molar-refractivity contribution in [3.63, 3.8) is 0 Å². The van der Waals surface area contributed by atoms with Gasteiger partial charge in [-0.1, -0.05) is 29.8 Å². The van der Waals surface area contributed by atoms with Crippen LogP contribution in [0, 0.1) is 23.2 Å². The summed E-state index contributed by atoms with van der Waals surface area (Å²) in [6, 6.07) is 10.2. The summed E-state index contributed by atoms with van der Waals surface area (Å²) in [5.74, 6) is 0.264. The Kier molecular flexibility index (Phi) is 4.41. The van der Waals surface area contributed by atoms with Crippen molar-refractivity contribution in [1.82, 2.24) is 0 Å². The Morgan fingerprint density at radius 1 is 1.39 bits per heavy atom. The van der Waals surface area contributed by atoms with Crippen LogP contribution in [0.2, 0.25) is 5.02 Å². The number of hydrogen-bond donors (Lipinski definition) is 0. The highest BCUT2D eigenvalue weighted by Gasteiger charge is 2.24. The quantitative estimate of drug-likeness (QED) is 0.826. The van der Waals surface area contributed by atoms with Gasteiger partial charge in [0.05, 0.1) is 18.6 Å². The van der Waals surface area contributed by atoms with Gasteiger partial charge < -0.3 is 4.74 Å². The molecule has 94 valence electrons. The molecule has 2 nitrogen and oxygen atoms in total.